The number of hydrogen-bond acceptors (Lipinski definition) is 7. The third-order valence-corrected chi connectivity index (χ3v) is 6.04. The van der Waals surface area contributed by atoms with Crippen molar-refractivity contribution in [2.45, 2.75) is 19.9 Å². The number of ether oxygens (including phenoxy) is 3. The highest BCUT2D eigenvalue weighted by Gasteiger charge is 2.47. The molecule has 1 aliphatic rings. The molecule has 0 spiro atoms. The number of amides is 1. The molecule has 1 amide bonds. The van der Waals surface area contributed by atoms with E-state index in [-0.39, 0.29) is 21.9 Å². The Hall–Kier alpha value is -4.30. The summed E-state index contributed by atoms with van der Waals surface area (Å²) in [6, 6.07) is 16.7. The molecule has 190 valence electrons. The molecule has 1 aliphatic heterocycles. The summed E-state index contributed by atoms with van der Waals surface area (Å²) in [4.78, 5) is 39.6. The fourth-order valence-corrected chi connectivity index (χ4v) is 4.38. The zero-order valence-corrected chi connectivity index (χ0v) is 21.1. The summed E-state index contributed by atoms with van der Waals surface area (Å²) in [5.74, 6) is -1.62. The molecule has 0 radical (unpaired) electrons. The summed E-state index contributed by atoms with van der Waals surface area (Å²) < 4.78 is 16.1. The van der Waals surface area contributed by atoms with Gasteiger partial charge >= 0.3 is 5.97 Å². The molecule has 4 rings (SSSR count). The van der Waals surface area contributed by atoms with Crippen LogP contribution in [0, 0.1) is 0 Å². The maximum atomic E-state index is 13.4. The van der Waals surface area contributed by atoms with Gasteiger partial charge < -0.3 is 19.3 Å². The highest BCUT2D eigenvalue weighted by atomic mass is 35.5. The summed E-state index contributed by atoms with van der Waals surface area (Å²) in [7, 11) is 1.49. The van der Waals surface area contributed by atoms with Gasteiger partial charge in [0.25, 0.3) is 11.7 Å². The number of ketones is 1. The summed E-state index contributed by atoms with van der Waals surface area (Å²) in [5.41, 5.74) is 0.762. The van der Waals surface area contributed by atoms with E-state index in [1.807, 2.05) is 6.92 Å². The van der Waals surface area contributed by atoms with Crippen LogP contribution in [0.15, 0.2) is 72.3 Å². The van der Waals surface area contributed by atoms with Gasteiger partial charge in [-0.25, -0.2) is 0 Å². The Balaban J connectivity index is 1.96. The third kappa shape index (κ3) is 5.15. The van der Waals surface area contributed by atoms with Gasteiger partial charge in [-0.2, -0.15) is 0 Å². The van der Waals surface area contributed by atoms with Crippen molar-refractivity contribution in [2.24, 2.45) is 0 Å². The number of aliphatic hydroxyl groups excluding tert-OH is 1. The second kappa shape index (κ2) is 10.8. The van der Waals surface area contributed by atoms with Crippen molar-refractivity contribution in [3.63, 3.8) is 0 Å². The van der Waals surface area contributed by atoms with Crippen LogP contribution < -0.4 is 19.1 Å². The number of benzene rings is 3. The first-order valence-corrected chi connectivity index (χ1v) is 11.8. The number of hydrogen-bond donors (Lipinski definition) is 1. The monoisotopic (exact) mass is 521 g/mol. The normalized spacial score (nSPS) is 16.5. The lowest BCUT2D eigenvalue weighted by Gasteiger charge is -2.26. The largest absolute Gasteiger partial charge is 0.507 e. The summed E-state index contributed by atoms with van der Waals surface area (Å²) in [6.07, 6.45) is 0. The Morgan fingerprint density at radius 1 is 1.00 bits per heavy atom. The number of carbonyl (C=O) groups is 3. The van der Waals surface area contributed by atoms with Gasteiger partial charge in [0.1, 0.15) is 23.0 Å². The second-order valence-corrected chi connectivity index (χ2v) is 8.52. The lowest BCUT2D eigenvalue weighted by Crippen LogP contribution is -2.29. The maximum Gasteiger partial charge on any atom is 0.308 e. The van der Waals surface area contributed by atoms with Crippen LogP contribution in [0.1, 0.15) is 31.0 Å². The summed E-state index contributed by atoms with van der Waals surface area (Å²) >= 11 is 6.39. The van der Waals surface area contributed by atoms with Crippen LogP contribution in [-0.2, 0) is 14.4 Å². The molecule has 1 saturated heterocycles. The molecule has 3 aromatic rings. The Morgan fingerprint density at radius 2 is 1.73 bits per heavy atom. The number of halogens is 1. The van der Waals surface area contributed by atoms with E-state index in [1.165, 1.54) is 37.1 Å². The van der Waals surface area contributed by atoms with Crippen LogP contribution in [0.5, 0.6) is 17.2 Å². The van der Waals surface area contributed by atoms with E-state index < -0.39 is 29.5 Å². The zero-order chi connectivity index (χ0) is 26.7. The van der Waals surface area contributed by atoms with E-state index in [9.17, 15) is 19.5 Å². The Kier molecular flexibility index (Phi) is 7.50. The highest BCUT2D eigenvalue weighted by Crippen LogP contribution is 2.44. The molecule has 0 aliphatic carbocycles. The topological polar surface area (TPSA) is 102 Å². The predicted octanol–water partition coefficient (Wildman–Crippen LogP) is 5.30. The molecule has 0 saturated carbocycles. The second-order valence-electron chi connectivity index (χ2n) is 8.11. The molecule has 0 bridgehead atoms. The molecule has 1 unspecified atom stereocenters. The maximum absolute atomic E-state index is 13.4. The zero-order valence-electron chi connectivity index (χ0n) is 20.4. The molecule has 1 fully saturated rings. The van der Waals surface area contributed by atoms with E-state index in [4.69, 9.17) is 25.8 Å². The Morgan fingerprint density at radius 3 is 2.43 bits per heavy atom. The van der Waals surface area contributed by atoms with Crippen LogP contribution in [0.3, 0.4) is 0 Å². The van der Waals surface area contributed by atoms with E-state index in [1.54, 1.807) is 48.5 Å². The van der Waals surface area contributed by atoms with E-state index in [2.05, 4.69) is 0 Å². The van der Waals surface area contributed by atoms with Crippen molar-refractivity contribution in [3.8, 4) is 17.2 Å². The average molecular weight is 522 g/mol. The molecule has 1 N–H and O–H groups in total. The Labute approximate surface area is 218 Å². The number of Topliss-reactive ketones (excluding diaryl/α,β-unsaturated/α-hetero) is 1. The van der Waals surface area contributed by atoms with Gasteiger partial charge in [-0.1, -0.05) is 29.8 Å². The van der Waals surface area contributed by atoms with Gasteiger partial charge in [-0.15, -0.1) is 0 Å². The molecular formula is C28H24ClNO7. The van der Waals surface area contributed by atoms with Crippen molar-refractivity contribution >= 4 is 40.7 Å². The van der Waals surface area contributed by atoms with Crippen molar-refractivity contribution < 1.29 is 33.7 Å². The van der Waals surface area contributed by atoms with Gasteiger partial charge in [0, 0.05) is 24.2 Å². The van der Waals surface area contributed by atoms with Crippen molar-refractivity contribution in [1.29, 1.82) is 0 Å². The summed E-state index contributed by atoms with van der Waals surface area (Å²) in [5, 5.41) is 11.6. The number of esters is 1. The lowest BCUT2D eigenvalue weighted by molar-refractivity contribution is -0.132. The van der Waals surface area contributed by atoms with Crippen LogP contribution in [-0.4, -0.2) is 36.5 Å². The fraction of sp³-hybridized carbons (Fsp3) is 0.179. The van der Waals surface area contributed by atoms with Crippen molar-refractivity contribution in [2.75, 3.05) is 18.6 Å². The van der Waals surface area contributed by atoms with Crippen LogP contribution >= 0.6 is 11.6 Å². The minimum absolute atomic E-state index is 0.136. The van der Waals surface area contributed by atoms with Crippen LogP contribution in [0.25, 0.3) is 5.76 Å². The number of anilines is 1. The minimum atomic E-state index is -1.06. The van der Waals surface area contributed by atoms with E-state index in [0.29, 0.717) is 29.4 Å². The molecule has 1 heterocycles. The van der Waals surface area contributed by atoms with Crippen LogP contribution in [0.4, 0.5) is 5.69 Å². The minimum Gasteiger partial charge on any atom is -0.507 e. The average Bonchev–Trinajstić information content (AvgIpc) is 3.15. The molecule has 0 aromatic heterocycles. The van der Waals surface area contributed by atoms with E-state index >= 15 is 0 Å². The van der Waals surface area contributed by atoms with Gasteiger partial charge in [-0.3, -0.25) is 19.3 Å². The van der Waals surface area contributed by atoms with E-state index in [0.717, 1.165) is 0 Å². The van der Waals surface area contributed by atoms with Gasteiger partial charge in [0.15, 0.2) is 0 Å². The highest BCUT2D eigenvalue weighted by molar-refractivity contribution is 6.52. The number of carbonyl (C=O) groups excluding carboxylic acids is 3. The molecule has 37 heavy (non-hydrogen) atoms. The van der Waals surface area contributed by atoms with Crippen molar-refractivity contribution in [3.05, 3.63) is 88.5 Å². The molecule has 8 nitrogen and oxygen atoms in total. The van der Waals surface area contributed by atoms with Gasteiger partial charge in [-0.05, 0) is 55.0 Å². The standard InChI is InChI=1S/C28H24ClNO7/c1-4-36-20-11-12-23(29)22(15-20)26(32)24-25(17-7-5-10-21(13-17)37-16(2)31)30(28(34)27(24)33)18-8-6-9-19(14-18)35-3/h5-15,25,32H,4H2,1-3H3/b26-24+. The molecule has 3 aromatic carbocycles. The first kappa shape index (κ1) is 25.8. The summed E-state index contributed by atoms with van der Waals surface area (Å²) in [6.45, 7) is 3.46. The number of nitrogens with zero attached hydrogens (tertiary/aromatic N) is 1. The lowest BCUT2D eigenvalue weighted by atomic mass is 9.94. The van der Waals surface area contributed by atoms with Crippen LogP contribution in [0.2, 0.25) is 5.02 Å². The Bertz CT molecular complexity index is 1420. The molecular weight excluding hydrogens is 498 g/mol. The first-order chi connectivity index (χ1) is 17.7. The molecule has 1 atom stereocenters. The SMILES string of the molecule is CCOc1ccc(Cl)c(/C(O)=C2\C(=O)C(=O)N(c3cccc(OC)c3)C2c2cccc(OC(C)=O)c2)c1. The molecule has 9 heteroatoms. The smallest absolute Gasteiger partial charge is 0.308 e. The first-order valence-electron chi connectivity index (χ1n) is 11.4. The van der Waals surface area contributed by atoms with Gasteiger partial charge in [0.05, 0.1) is 30.4 Å². The predicted molar refractivity (Wildman–Crippen MR) is 138 cm³/mol. The number of rotatable bonds is 7. The number of aliphatic hydroxyl groups is 1. The van der Waals surface area contributed by atoms with Crippen molar-refractivity contribution in [1.82, 2.24) is 0 Å². The number of methoxy groups -OCH3 is 1. The third-order valence-electron chi connectivity index (χ3n) is 5.72. The fourth-order valence-electron chi connectivity index (χ4n) is 4.18. The van der Waals surface area contributed by atoms with Gasteiger partial charge in [0.2, 0.25) is 0 Å². The quantitative estimate of drug-likeness (QED) is 0.148.